The zero-order valence-corrected chi connectivity index (χ0v) is 11.6. The summed E-state index contributed by atoms with van der Waals surface area (Å²) in [5.74, 6) is 6.22. The molecule has 18 heavy (non-hydrogen) atoms. The summed E-state index contributed by atoms with van der Waals surface area (Å²) >= 11 is 0. The monoisotopic (exact) mass is 268 g/mol. The number of nitrogens with two attached hydrogens (primary N) is 1. The highest BCUT2D eigenvalue weighted by atomic mass is 32.2. The van der Waals surface area contributed by atoms with Gasteiger partial charge in [0.1, 0.15) is 0 Å². The molecule has 0 radical (unpaired) electrons. The summed E-state index contributed by atoms with van der Waals surface area (Å²) < 4.78 is 23.1. The van der Waals surface area contributed by atoms with Crippen molar-refractivity contribution in [1.29, 1.82) is 0 Å². The van der Waals surface area contributed by atoms with Crippen LogP contribution in [0, 0.1) is 19.8 Å². The van der Waals surface area contributed by atoms with Crippen molar-refractivity contribution < 1.29 is 8.42 Å². The van der Waals surface area contributed by atoms with E-state index < -0.39 is 9.84 Å². The van der Waals surface area contributed by atoms with Crippen LogP contribution >= 0.6 is 0 Å². The average molecular weight is 268 g/mol. The molecule has 2 rings (SSSR count). The van der Waals surface area contributed by atoms with Gasteiger partial charge in [-0.05, 0) is 37.3 Å². The van der Waals surface area contributed by atoms with Gasteiger partial charge in [0.15, 0.2) is 9.84 Å². The highest BCUT2D eigenvalue weighted by Gasteiger charge is 2.34. The Morgan fingerprint density at radius 3 is 2.61 bits per heavy atom. The Morgan fingerprint density at radius 2 is 2.11 bits per heavy atom. The van der Waals surface area contributed by atoms with E-state index in [1.807, 2.05) is 26.0 Å². The second kappa shape index (κ2) is 4.99. The van der Waals surface area contributed by atoms with Crippen molar-refractivity contribution >= 4 is 9.84 Å². The van der Waals surface area contributed by atoms with Crippen molar-refractivity contribution in [3.05, 3.63) is 34.9 Å². The fourth-order valence-corrected chi connectivity index (χ4v) is 4.58. The normalized spacial score (nSPS) is 24.1. The van der Waals surface area contributed by atoms with E-state index in [2.05, 4.69) is 11.5 Å². The summed E-state index contributed by atoms with van der Waals surface area (Å²) in [6.07, 6.45) is 0.685. The Labute approximate surface area is 108 Å². The van der Waals surface area contributed by atoms with Crippen LogP contribution in [0.1, 0.15) is 29.2 Å². The lowest BCUT2D eigenvalue weighted by atomic mass is 9.89. The topological polar surface area (TPSA) is 72.2 Å². The molecule has 1 aliphatic heterocycles. The number of sulfone groups is 1. The molecule has 1 saturated heterocycles. The van der Waals surface area contributed by atoms with Crippen LogP contribution in [0.25, 0.3) is 0 Å². The third-order valence-electron chi connectivity index (χ3n) is 3.68. The van der Waals surface area contributed by atoms with Gasteiger partial charge in [-0.15, -0.1) is 0 Å². The largest absolute Gasteiger partial charge is 0.271 e. The number of aryl methyl sites for hydroxylation is 2. The lowest BCUT2D eigenvalue weighted by Crippen LogP contribution is -2.34. The molecular weight excluding hydrogens is 248 g/mol. The van der Waals surface area contributed by atoms with Crippen LogP contribution in [0.3, 0.4) is 0 Å². The third kappa shape index (κ3) is 2.74. The molecule has 2 atom stereocenters. The van der Waals surface area contributed by atoms with E-state index in [-0.39, 0.29) is 23.5 Å². The Bertz CT molecular complexity index is 540. The van der Waals surface area contributed by atoms with Gasteiger partial charge in [-0.25, -0.2) is 8.42 Å². The maximum absolute atomic E-state index is 11.6. The van der Waals surface area contributed by atoms with Crippen molar-refractivity contribution in [3.8, 4) is 0 Å². The molecule has 1 aromatic carbocycles. The Morgan fingerprint density at radius 1 is 1.39 bits per heavy atom. The fraction of sp³-hybridized carbons (Fsp3) is 0.538. The fourth-order valence-electron chi connectivity index (χ4n) is 2.74. The molecule has 100 valence electrons. The molecule has 0 aliphatic carbocycles. The van der Waals surface area contributed by atoms with Gasteiger partial charge in [0.2, 0.25) is 0 Å². The molecule has 1 aromatic rings. The van der Waals surface area contributed by atoms with Crippen molar-refractivity contribution in [3.63, 3.8) is 0 Å². The lowest BCUT2D eigenvalue weighted by molar-refractivity contribution is 0.398. The Balaban J connectivity index is 2.29. The number of benzene rings is 1. The maximum atomic E-state index is 11.6. The van der Waals surface area contributed by atoms with E-state index in [1.54, 1.807) is 0 Å². The minimum absolute atomic E-state index is 0.0707. The predicted octanol–water partition coefficient (Wildman–Crippen LogP) is 1.24. The van der Waals surface area contributed by atoms with E-state index in [0.717, 1.165) is 11.1 Å². The second-order valence-corrected chi connectivity index (χ2v) is 7.40. The number of hydrazine groups is 1. The number of rotatable bonds is 3. The van der Waals surface area contributed by atoms with Gasteiger partial charge in [-0.2, -0.15) is 0 Å². The molecule has 2 unspecified atom stereocenters. The van der Waals surface area contributed by atoms with Gasteiger partial charge < -0.3 is 0 Å². The molecule has 1 heterocycles. The quantitative estimate of drug-likeness (QED) is 0.639. The zero-order chi connectivity index (χ0) is 13.3. The molecule has 5 heteroatoms. The van der Waals surface area contributed by atoms with E-state index in [4.69, 9.17) is 5.84 Å². The molecular formula is C13H20N2O2S. The summed E-state index contributed by atoms with van der Waals surface area (Å²) in [6.45, 7) is 4.08. The first-order valence-electron chi connectivity index (χ1n) is 6.16. The van der Waals surface area contributed by atoms with Crippen molar-refractivity contribution in [2.24, 2.45) is 11.8 Å². The van der Waals surface area contributed by atoms with Gasteiger partial charge in [-0.1, -0.05) is 23.8 Å². The molecule has 0 saturated carbocycles. The van der Waals surface area contributed by atoms with Gasteiger partial charge in [-0.3, -0.25) is 11.3 Å². The Hall–Kier alpha value is -0.910. The average Bonchev–Trinajstić information content (AvgIpc) is 2.63. The van der Waals surface area contributed by atoms with Gasteiger partial charge in [0.25, 0.3) is 0 Å². The third-order valence-corrected chi connectivity index (χ3v) is 5.47. The predicted molar refractivity (Wildman–Crippen MR) is 72.7 cm³/mol. The summed E-state index contributed by atoms with van der Waals surface area (Å²) in [5, 5.41) is 0. The number of hydrogen-bond acceptors (Lipinski definition) is 4. The smallest absolute Gasteiger partial charge is 0.150 e. The standard InChI is InChI=1S/C13H20N2O2S/c1-9-3-4-12(10(2)7-9)13(15-14)11-5-6-18(16,17)8-11/h3-4,7,11,13,15H,5-6,8,14H2,1-2H3. The number of hydrogen-bond donors (Lipinski definition) is 2. The van der Waals surface area contributed by atoms with Gasteiger partial charge in [0.05, 0.1) is 17.5 Å². The SMILES string of the molecule is Cc1ccc(C(NN)C2CCS(=O)(=O)C2)c(C)c1. The van der Waals surface area contributed by atoms with Crippen LogP contribution in [-0.2, 0) is 9.84 Å². The highest BCUT2D eigenvalue weighted by Crippen LogP contribution is 2.32. The molecule has 3 N–H and O–H groups in total. The highest BCUT2D eigenvalue weighted by molar-refractivity contribution is 7.91. The first-order valence-corrected chi connectivity index (χ1v) is 7.99. The zero-order valence-electron chi connectivity index (χ0n) is 10.8. The van der Waals surface area contributed by atoms with Crippen LogP contribution in [0.15, 0.2) is 18.2 Å². The van der Waals surface area contributed by atoms with E-state index >= 15 is 0 Å². The maximum Gasteiger partial charge on any atom is 0.150 e. The van der Waals surface area contributed by atoms with Crippen molar-refractivity contribution in [2.45, 2.75) is 26.3 Å². The van der Waals surface area contributed by atoms with Crippen LogP contribution in [0.5, 0.6) is 0 Å². The summed E-state index contributed by atoms with van der Waals surface area (Å²) in [6, 6.07) is 6.10. The summed E-state index contributed by atoms with van der Waals surface area (Å²) in [4.78, 5) is 0. The minimum Gasteiger partial charge on any atom is -0.271 e. The van der Waals surface area contributed by atoms with E-state index in [1.165, 1.54) is 5.56 Å². The molecule has 1 aliphatic rings. The van der Waals surface area contributed by atoms with Crippen molar-refractivity contribution in [2.75, 3.05) is 11.5 Å². The molecule has 0 amide bonds. The molecule has 0 bridgehead atoms. The van der Waals surface area contributed by atoms with Crippen molar-refractivity contribution in [1.82, 2.24) is 5.43 Å². The Kier molecular flexibility index (Phi) is 3.75. The van der Waals surface area contributed by atoms with Gasteiger partial charge >= 0.3 is 0 Å². The van der Waals surface area contributed by atoms with Gasteiger partial charge in [0, 0.05) is 0 Å². The molecule has 0 aromatic heterocycles. The molecule has 1 fully saturated rings. The van der Waals surface area contributed by atoms with Crippen LogP contribution in [0.2, 0.25) is 0 Å². The molecule has 0 spiro atoms. The van der Waals surface area contributed by atoms with Crippen LogP contribution in [0.4, 0.5) is 0 Å². The van der Waals surface area contributed by atoms with Crippen LogP contribution in [-0.4, -0.2) is 19.9 Å². The number of nitrogens with one attached hydrogen (secondary N) is 1. The second-order valence-electron chi connectivity index (χ2n) is 5.17. The lowest BCUT2D eigenvalue weighted by Gasteiger charge is -2.24. The molecule has 4 nitrogen and oxygen atoms in total. The first kappa shape index (κ1) is 13.5. The summed E-state index contributed by atoms with van der Waals surface area (Å²) in [7, 11) is -2.88. The minimum atomic E-state index is -2.88. The van der Waals surface area contributed by atoms with E-state index in [0.29, 0.717) is 6.42 Å². The van der Waals surface area contributed by atoms with E-state index in [9.17, 15) is 8.42 Å². The summed E-state index contributed by atoms with van der Waals surface area (Å²) in [5.41, 5.74) is 6.25. The van der Waals surface area contributed by atoms with Crippen LogP contribution < -0.4 is 11.3 Å². The first-order chi connectivity index (χ1) is 8.43.